The van der Waals surface area contributed by atoms with Gasteiger partial charge in [-0.3, -0.25) is 0 Å². The van der Waals surface area contributed by atoms with Crippen LogP contribution in [0.5, 0.6) is 0 Å². The highest BCUT2D eigenvalue weighted by atomic mass is 32.2. The zero-order valence-electron chi connectivity index (χ0n) is 6.45. The van der Waals surface area contributed by atoms with Crippen LogP contribution in [0, 0.1) is 5.41 Å². The van der Waals surface area contributed by atoms with Gasteiger partial charge in [-0.2, -0.15) is 0 Å². The molecule has 2 N–H and O–H groups in total. The topological polar surface area (TPSA) is 26.0 Å². The molecule has 0 aromatic carbocycles. The first kappa shape index (κ1) is 7.04. The van der Waals surface area contributed by atoms with Crippen molar-refractivity contribution in [1.82, 2.24) is 0 Å². The molecule has 2 heteroatoms. The van der Waals surface area contributed by atoms with Gasteiger partial charge >= 0.3 is 0 Å². The molecule has 0 saturated carbocycles. The Labute approximate surface area is 71.0 Å². The summed E-state index contributed by atoms with van der Waals surface area (Å²) in [5.41, 5.74) is 7.02. The number of hydrogen-bond acceptors (Lipinski definition) is 2. The van der Waals surface area contributed by atoms with Crippen molar-refractivity contribution in [3.05, 3.63) is 35.4 Å². The third-order valence-electron chi connectivity index (χ3n) is 2.25. The summed E-state index contributed by atoms with van der Waals surface area (Å²) in [7, 11) is 0. The molecule has 58 valence electrons. The van der Waals surface area contributed by atoms with E-state index in [0.29, 0.717) is 5.25 Å². The summed E-state index contributed by atoms with van der Waals surface area (Å²) in [6.45, 7) is 2.21. The van der Waals surface area contributed by atoms with E-state index < -0.39 is 0 Å². The second-order valence-electron chi connectivity index (χ2n) is 3.21. The van der Waals surface area contributed by atoms with Crippen molar-refractivity contribution in [3.8, 4) is 0 Å². The maximum Gasteiger partial charge on any atom is 0.0606 e. The van der Waals surface area contributed by atoms with Crippen LogP contribution in [0.4, 0.5) is 0 Å². The molecule has 0 aromatic heterocycles. The molecule has 2 aliphatic rings. The number of thioether (sulfide) groups is 1. The second kappa shape index (κ2) is 2.18. The first-order valence-electron chi connectivity index (χ1n) is 3.70. The average Bonchev–Trinajstić information content (AvgIpc) is 2.31. The molecular weight excluding hydrogens is 154 g/mol. The zero-order chi connectivity index (χ0) is 7.90. The number of fused-ring (bicyclic) bond motifs is 1. The van der Waals surface area contributed by atoms with Crippen molar-refractivity contribution in [2.24, 2.45) is 11.1 Å². The van der Waals surface area contributed by atoms with Crippen molar-refractivity contribution in [2.45, 2.75) is 12.2 Å². The Balaban J connectivity index is 2.40. The molecule has 1 aliphatic heterocycles. The lowest BCUT2D eigenvalue weighted by molar-refractivity contribution is 0.560. The van der Waals surface area contributed by atoms with E-state index in [4.69, 9.17) is 5.73 Å². The Hall–Kier alpha value is -0.630. The molecule has 1 nitrogen and oxygen atoms in total. The largest absolute Gasteiger partial charge is 0.401 e. The minimum absolute atomic E-state index is 0.170. The first-order valence-corrected chi connectivity index (χ1v) is 4.65. The standard InChI is InChI=1S/C9H11NS/c1-9-4-2-3-7(10)8(9)11-6-5-9/h2-6,8H,10H2,1H3/t8?,9-/m1/s1. The van der Waals surface area contributed by atoms with E-state index in [1.807, 2.05) is 23.9 Å². The molecule has 0 saturated heterocycles. The normalized spacial score (nSPS) is 40.5. The Kier molecular flexibility index (Phi) is 1.39. The van der Waals surface area contributed by atoms with Crippen molar-refractivity contribution in [1.29, 1.82) is 0 Å². The molecule has 1 aliphatic carbocycles. The van der Waals surface area contributed by atoms with Crippen molar-refractivity contribution >= 4 is 11.8 Å². The van der Waals surface area contributed by atoms with Crippen LogP contribution in [0.25, 0.3) is 0 Å². The summed E-state index contributed by atoms with van der Waals surface area (Å²) < 4.78 is 0. The number of hydrogen-bond donors (Lipinski definition) is 1. The highest BCUT2D eigenvalue weighted by Crippen LogP contribution is 2.45. The van der Waals surface area contributed by atoms with Crippen LogP contribution in [-0.4, -0.2) is 5.25 Å². The average molecular weight is 165 g/mol. The predicted octanol–water partition coefficient (Wildman–Crippen LogP) is 2.03. The van der Waals surface area contributed by atoms with Crippen molar-refractivity contribution in [3.63, 3.8) is 0 Å². The molecule has 1 unspecified atom stereocenters. The molecule has 1 heterocycles. The minimum Gasteiger partial charge on any atom is -0.401 e. The summed E-state index contributed by atoms with van der Waals surface area (Å²) in [6.07, 6.45) is 8.47. The fraction of sp³-hybridized carbons (Fsp3) is 0.333. The molecule has 2 atom stereocenters. The quantitative estimate of drug-likeness (QED) is 0.594. The first-order chi connectivity index (χ1) is 5.22. The Morgan fingerprint density at radius 1 is 1.55 bits per heavy atom. The molecule has 0 bridgehead atoms. The highest BCUT2D eigenvalue weighted by Gasteiger charge is 2.36. The lowest BCUT2D eigenvalue weighted by Crippen LogP contribution is -2.29. The summed E-state index contributed by atoms with van der Waals surface area (Å²) in [5, 5.41) is 2.58. The van der Waals surface area contributed by atoms with Gasteiger partial charge in [0.05, 0.1) is 5.25 Å². The van der Waals surface area contributed by atoms with Crippen LogP contribution in [0.1, 0.15) is 6.92 Å². The van der Waals surface area contributed by atoms with Gasteiger partial charge < -0.3 is 5.73 Å². The van der Waals surface area contributed by atoms with E-state index in [9.17, 15) is 0 Å². The van der Waals surface area contributed by atoms with Crippen LogP contribution in [0.3, 0.4) is 0 Å². The molecule has 0 amide bonds. The fourth-order valence-corrected chi connectivity index (χ4v) is 2.75. The maximum absolute atomic E-state index is 5.85. The van der Waals surface area contributed by atoms with Crippen LogP contribution in [0.2, 0.25) is 0 Å². The van der Waals surface area contributed by atoms with Gasteiger partial charge in [0.15, 0.2) is 0 Å². The maximum atomic E-state index is 5.85. The van der Waals surface area contributed by atoms with E-state index in [1.54, 1.807) is 0 Å². The third-order valence-corrected chi connectivity index (χ3v) is 3.60. The van der Waals surface area contributed by atoms with Gasteiger partial charge in [0.25, 0.3) is 0 Å². The van der Waals surface area contributed by atoms with Gasteiger partial charge in [-0.1, -0.05) is 25.2 Å². The summed E-state index contributed by atoms with van der Waals surface area (Å²) in [4.78, 5) is 0. The molecule has 11 heavy (non-hydrogen) atoms. The van der Waals surface area contributed by atoms with Crippen molar-refractivity contribution < 1.29 is 0 Å². The van der Waals surface area contributed by atoms with E-state index in [2.05, 4.69) is 24.5 Å². The smallest absolute Gasteiger partial charge is 0.0606 e. The van der Waals surface area contributed by atoms with Crippen molar-refractivity contribution in [2.75, 3.05) is 0 Å². The van der Waals surface area contributed by atoms with E-state index in [1.165, 1.54) is 0 Å². The lowest BCUT2D eigenvalue weighted by atomic mass is 9.82. The number of allylic oxidation sites excluding steroid dienone is 4. The fourth-order valence-electron chi connectivity index (χ4n) is 1.53. The summed E-state index contributed by atoms with van der Waals surface area (Å²) >= 11 is 1.81. The Morgan fingerprint density at radius 2 is 2.36 bits per heavy atom. The van der Waals surface area contributed by atoms with E-state index in [-0.39, 0.29) is 5.41 Å². The summed E-state index contributed by atoms with van der Waals surface area (Å²) in [6, 6.07) is 0. The minimum atomic E-state index is 0.170. The Morgan fingerprint density at radius 3 is 3.09 bits per heavy atom. The zero-order valence-corrected chi connectivity index (χ0v) is 7.27. The molecular formula is C9H11NS. The predicted molar refractivity (Wildman–Crippen MR) is 50.0 cm³/mol. The SMILES string of the molecule is C[C@]12C=CC=C(N)C1SC=C2. The van der Waals surface area contributed by atoms with Crippen LogP contribution >= 0.6 is 11.8 Å². The van der Waals surface area contributed by atoms with Gasteiger partial charge in [0.1, 0.15) is 0 Å². The van der Waals surface area contributed by atoms with Crippen LogP contribution in [0.15, 0.2) is 35.4 Å². The Bertz CT molecular complexity index is 265. The van der Waals surface area contributed by atoms with Gasteiger partial charge in [-0.25, -0.2) is 0 Å². The van der Waals surface area contributed by atoms with E-state index in [0.717, 1.165) is 5.70 Å². The van der Waals surface area contributed by atoms with Gasteiger partial charge in [0, 0.05) is 11.1 Å². The lowest BCUT2D eigenvalue weighted by Gasteiger charge is -2.29. The molecule has 2 rings (SSSR count). The second-order valence-corrected chi connectivity index (χ2v) is 4.23. The van der Waals surface area contributed by atoms with Crippen LogP contribution < -0.4 is 5.73 Å². The van der Waals surface area contributed by atoms with E-state index >= 15 is 0 Å². The molecule has 0 spiro atoms. The number of nitrogens with two attached hydrogens (primary N) is 1. The van der Waals surface area contributed by atoms with Gasteiger partial charge in [0.2, 0.25) is 0 Å². The highest BCUT2D eigenvalue weighted by molar-refractivity contribution is 8.03. The monoisotopic (exact) mass is 165 g/mol. The molecule has 0 fully saturated rings. The molecule has 0 aromatic rings. The van der Waals surface area contributed by atoms with Gasteiger partial charge in [-0.05, 0) is 11.5 Å². The van der Waals surface area contributed by atoms with Crippen LogP contribution in [-0.2, 0) is 0 Å². The molecule has 0 radical (unpaired) electrons. The summed E-state index contributed by atoms with van der Waals surface area (Å²) in [5.74, 6) is 0. The van der Waals surface area contributed by atoms with Gasteiger partial charge in [-0.15, -0.1) is 11.8 Å². The third kappa shape index (κ3) is 0.932. The number of rotatable bonds is 0.